The predicted octanol–water partition coefficient (Wildman–Crippen LogP) is 3.69. The van der Waals surface area contributed by atoms with Crippen molar-refractivity contribution >= 4 is 46.3 Å². The molecule has 2 heterocycles. The molecule has 7 nitrogen and oxygen atoms in total. The third kappa shape index (κ3) is 4.85. The number of hydrogen-bond acceptors (Lipinski definition) is 7. The van der Waals surface area contributed by atoms with Crippen LogP contribution in [0.3, 0.4) is 0 Å². The fraction of sp³-hybridized carbons (Fsp3) is 0.176. The van der Waals surface area contributed by atoms with Crippen LogP contribution in [0.5, 0.6) is 0 Å². The highest BCUT2D eigenvalue weighted by Gasteiger charge is 2.14. The van der Waals surface area contributed by atoms with E-state index < -0.39 is 24.1 Å². The van der Waals surface area contributed by atoms with Crippen LogP contribution in [0, 0.1) is 0 Å². The topological polar surface area (TPSA) is 91.4 Å². The van der Waals surface area contributed by atoms with Gasteiger partial charge in [-0.3, -0.25) is 9.59 Å². The van der Waals surface area contributed by atoms with Gasteiger partial charge < -0.3 is 9.15 Å². The molecule has 0 amide bonds. The third-order valence-electron chi connectivity index (χ3n) is 3.47. The summed E-state index contributed by atoms with van der Waals surface area (Å²) < 4.78 is 11.0. The van der Waals surface area contributed by atoms with Crippen LogP contribution in [0.1, 0.15) is 16.8 Å². The highest BCUT2D eigenvalue weighted by molar-refractivity contribution is 7.13. The Labute approximate surface area is 167 Å². The number of carbonyl (C=O) groups is 2. The highest BCUT2D eigenvalue weighted by atomic mass is 35.5. The number of thiophene rings is 1. The first-order chi connectivity index (χ1) is 12.9. The van der Waals surface area contributed by atoms with Crippen LogP contribution in [-0.4, -0.2) is 28.1 Å². The van der Waals surface area contributed by atoms with Crippen LogP contribution >= 0.6 is 34.5 Å². The molecule has 0 bridgehead atoms. The Morgan fingerprint density at radius 2 is 2.04 bits per heavy atom. The van der Waals surface area contributed by atoms with Gasteiger partial charge in [-0.15, -0.1) is 16.4 Å². The molecule has 3 aromatic rings. The smallest absolute Gasteiger partial charge is 0.437 e. The van der Waals surface area contributed by atoms with E-state index in [0.29, 0.717) is 9.90 Å². The molecular formula is C17H12Cl2N2O5S. The Morgan fingerprint density at radius 1 is 1.22 bits per heavy atom. The van der Waals surface area contributed by atoms with Crippen LogP contribution in [-0.2, 0) is 16.1 Å². The maximum atomic E-state index is 12.0. The van der Waals surface area contributed by atoms with Gasteiger partial charge in [0.2, 0.25) is 0 Å². The molecule has 0 N–H and O–H groups in total. The fourth-order valence-corrected chi connectivity index (χ4v) is 3.06. The minimum atomic E-state index is -0.668. The zero-order valence-electron chi connectivity index (χ0n) is 13.7. The van der Waals surface area contributed by atoms with Crippen molar-refractivity contribution < 1.29 is 18.7 Å². The second kappa shape index (κ2) is 8.51. The summed E-state index contributed by atoms with van der Waals surface area (Å²) in [5.41, 5.74) is 0.283. The third-order valence-corrected chi connectivity index (χ3v) is 5.07. The number of ketones is 1. The monoisotopic (exact) mass is 426 g/mol. The number of esters is 1. The van der Waals surface area contributed by atoms with E-state index in [-0.39, 0.29) is 29.4 Å². The molecule has 10 heteroatoms. The molecule has 0 aliphatic heterocycles. The quantitative estimate of drug-likeness (QED) is 0.422. The number of nitrogens with zero attached hydrogens (tertiary/aromatic N) is 2. The van der Waals surface area contributed by atoms with E-state index in [1.807, 2.05) is 5.38 Å². The summed E-state index contributed by atoms with van der Waals surface area (Å²) in [6.07, 6.45) is -0.134. The van der Waals surface area contributed by atoms with E-state index in [4.69, 9.17) is 32.4 Å². The summed E-state index contributed by atoms with van der Waals surface area (Å²) in [7, 11) is 0. The molecule has 3 rings (SSSR count). The van der Waals surface area contributed by atoms with E-state index in [0.717, 1.165) is 4.68 Å². The van der Waals surface area contributed by atoms with Gasteiger partial charge in [-0.1, -0.05) is 29.3 Å². The first kappa shape index (κ1) is 19.3. The van der Waals surface area contributed by atoms with Crippen LogP contribution in [0.2, 0.25) is 10.0 Å². The first-order valence-electron chi connectivity index (χ1n) is 7.70. The number of hydrogen-bond donors (Lipinski definition) is 0. The lowest BCUT2D eigenvalue weighted by molar-refractivity contribution is -0.142. The standard InChI is InChI=1S/C17H12Cl2N2O5S/c18-11-4-3-10(8-12(11)19)13(22)9-25-15(23)5-6-21-17(24)26-16(20-21)14-2-1-7-27-14/h1-4,7-8H,5-6,9H2. The number of aromatic nitrogens is 2. The zero-order valence-corrected chi connectivity index (χ0v) is 16.0. The van der Waals surface area contributed by atoms with Crippen molar-refractivity contribution in [2.75, 3.05) is 6.61 Å². The number of carbonyl (C=O) groups excluding carboxylic acids is 2. The lowest BCUT2D eigenvalue weighted by Crippen LogP contribution is -2.20. The molecule has 0 radical (unpaired) electrons. The van der Waals surface area contributed by atoms with Crippen molar-refractivity contribution in [1.82, 2.24) is 9.78 Å². The van der Waals surface area contributed by atoms with Gasteiger partial charge in [-0.05, 0) is 29.6 Å². The maximum Gasteiger partial charge on any atom is 0.437 e. The van der Waals surface area contributed by atoms with E-state index >= 15 is 0 Å². The van der Waals surface area contributed by atoms with E-state index in [1.165, 1.54) is 29.5 Å². The second-order valence-electron chi connectivity index (χ2n) is 5.34. The minimum Gasteiger partial charge on any atom is -0.457 e. The summed E-state index contributed by atoms with van der Waals surface area (Å²) in [5.74, 6) is -1.53. The fourth-order valence-electron chi connectivity index (χ4n) is 2.12. The van der Waals surface area contributed by atoms with Crippen molar-refractivity contribution in [3.05, 3.63) is 61.9 Å². The van der Waals surface area contributed by atoms with Crippen molar-refractivity contribution in [1.29, 1.82) is 0 Å². The van der Waals surface area contributed by atoms with E-state index in [2.05, 4.69) is 5.10 Å². The zero-order chi connectivity index (χ0) is 19.4. The summed E-state index contributed by atoms with van der Waals surface area (Å²) in [5, 5.41) is 6.42. The van der Waals surface area contributed by atoms with Gasteiger partial charge in [0, 0.05) is 5.56 Å². The van der Waals surface area contributed by atoms with Gasteiger partial charge >= 0.3 is 11.7 Å². The number of halogens is 2. The largest absolute Gasteiger partial charge is 0.457 e. The SMILES string of the molecule is O=C(CCn1nc(-c2cccs2)oc1=O)OCC(=O)c1ccc(Cl)c(Cl)c1. The molecule has 1 aromatic carbocycles. The minimum absolute atomic E-state index is 0.0203. The summed E-state index contributed by atoms with van der Waals surface area (Å²) in [4.78, 5) is 36.3. The van der Waals surface area contributed by atoms with Gasteiger partial charge in [0.15, 0.2) is 12.4 Å². The Hall–Kier alpha value is -2.42. The van der Waals surface area contributed by atoms with E-state index in [9.17, 15) is 14.4 Å². The lowest BCUT2D eigenvalue weighted by Gasteiger charge is -2.05. The molecule has 0 saturated carbocycles. The molecule has 0 saturated heterocycles. The van der Waals surface area contributed by atoms with Gasteiger partial charge in [-0.2, -0.15) is 4.68 Å². The summed E-state index contributed by atoms with van der Waals surface area (Å²) in [6, 6.07) is 7.96. The second-order valence-corrected chi connectivity index (χ2v) is 7.10. The van der Waals surface area contributed by atoms with Crippen molar-refractivity contribution in [2.24, 2.45) is 0 Å². The molecule has 2 aromatic heterocycles. The number of Topliss-reactive ketones (excluding diaryl/α,β-unsaturated/α-hetero) is 1. The van der Waals surface area contributed by atoms with Gasteiger partial charge in [-0.25, -0.2) is 4.79 Å². The van der Waals surface area contributed by atoms with Crippen LogP contribution < -0.4 is 5.76 Å². The molecule has 0 aliphatic rings. The van der Waals surface area contributed by atoms with Gasteiger partial charge in [0.25, 0.3) is 5.89 Å². The Morgan fingerprint density at radius 3 is 2.74 bits per heavy atom. The molecule has 0 fully saturated rings. The average molecular weight is 427 g/mol. The number of aryl methyl sites for hydroxylation is 1. The van der Waals surface area contributed by atoms with Crippen LogP contribution in [0.4, 0.5) is 0 Å². The molecule has 140 valence electrons. The molecule has 0 aliphatic carbocycles. The van der Waals surface area contributed by atoms with Gasteiger partial charge in [0.1, 0.15) is 0 Å². The Bertz CT molecular complexity index is 1030. The Balaban J connectivity index is 1.52. The maximum absolute atomic E-state index is 12.0. The highest BCUT2D eigenvalue weighted by Crippen LogP contribution is 2.23. The Kier molecular flexibility index (Phi) is 6.10. The molecule has 0 spiro atoms. The van der Waals surface area contributed by atoms with Gasteiger partial charge in [0.05, 0.1) is 27.9 Å². The van der Waals surface area contributed by atoms with E-state index in [1.54, 1.807) is 12.1 Å². The number of rotatable bonds is 7. The molecular weight excluding hydrogens is 415 g/mol. The predicted molar refractivity (Wildman–Crippen MR) is 100 cm³/mol. The van der Waals surface area contributed by atoms with Crippen LogP contribution in [0.25, 0.3) is 10.8 Å². The average Bonchev–Trinajstić information content (AvgIpc) is 3.30. The first-order valence-corrected chi connectivity index (χ1v) is 9.33. The lowest BCUT2D eigenvalue weighted by atomic mass is 10.1. The van der Waals surface area contributed by atoms with Crippen molar-refractivity contribution in [3.8, 4) is 10.8 Å². The summed E-state index contributed by atoms with van der Waals surface area (Å²) in [6.45, 7) is -0.460. The molecule has 0 atom stereocenters. The number of ether oxygens (including phenoxy) is 1. The number of benzene rings is 1. The summed E-state index contributed by atoms with van der Waals surface area (Å²) >= 11 is 13.0. The molecule has 27 heavy (non-hydrogen) atoms. The van der Waals surface area contributed by atoms with Crippen LogP contribution in [0.15, 0.2) is 44.9 Å². The van der Waals surface area contributed by atoms with Crippen molar-refractivity contribution in [3.63, 3.8) is 0 Å². The molecule has 0 unspecified atom stereocenters. The van der Waals surface area contributed by atoms with Crippen molar-refractivity contribution in [2.45, 2.75) is 13.0 Å². The normalized spacial score (nSPS) is 10.7.